The van der Waals surface area contributed by atoms with E-state index < -0.39 is 11.7 Å². The second kappa shape index (κ2) is 5.08. The second-order valence-electron chi connectivity index (χ2n) is 4.44. The van der Waals surface area contributed by atoms with Crippen molar-refractivity contribution in [2.75, 3.05) is 6.54 Å². The van der Waals surface area contributed by atoms with Gasteiger partial charge < -0.3 is 5.32 Å². The van der Waals surface area contributed by atoms with E-state index in [1.54, 1.807) is 12.1 Å². The SMILES string of the molecule is FC(F)(F)c1ccccc1[C@H]1CCCCCN1. The quantitative estimate of drug-likeness (QED) is 0.788. The number of nitrogens with one attached hydrogen (secondary N) is 1. The molecule has 1 aliphatic rings. The van der Waals surface area contributed by atoms with E-state index in [4.69, 9.17) is 0 Å². The minimum Gasteiger partial charge on any atom is -0.310 e. The third-order valence-electron chi connectivity index (χ3n) is 3.20. The van der Waals surface area contributed by atoms with E-state index in [-0.39, 0.29) is 6.04 Å². The molecule has 1 fully saturated rings. The fraction of sp³-hybridized carbons (Fsp3) is 0.538. The lowest BCUT2D eigenvalue weighted by atomic mass is 9.96. The monoisotopic (exact) mass is 243 g/mol. The highest BCUT2D eigenvalue weighted by Crippen LogP contribution is 2.36. The van der Waals surface area contributed by atoms with E-state index in [1.165, 1.54) is 12.1 Å². The molecule has 0 bridgehead atoms. The molecule has 2 rings (SSSR count). The molecule has 1 nitrogen and oxygen atoms in total. The molecule has 0 unspecified atom stereocenters. The lowest BCUT2D eigenvalue weighted by Gasteiger charge is -2.21. The summed E-state index contributed by atoms with van der Waals surface area (Å²) in [5, 5.41) is 3.21. The fourth-order valence-corrected chi connectivity index (χ4v) is 2.35. The van der Waals surface area contributed by atoms with E-state index in [9.17, 15) is 13.2 Å². The van der Waals surface area contributed by atoms with Crippen LogP contribution in [0.25, 0.3) is 0 Å². The molecule has 1 aromatic carbocycles. The largest absolute Gasteiger partial charge is 0.416 e. The molecule has 0 radical (unpaired) electrons. The highest BCUT2D eigenvalue weighted by Gasteiger charge is 2.34. The molecule has 4 heteroatoms. The normalized spacial score (nSPS) is 22.2. The van der Waals surface area contributed by atoms with Crippen molar-refractivity contribution in [3.8, 4) is 0 Å². The van der Waals surface area contributed by atoms with E-state index in [0.717, 1.165) is 32.2 Å². The van der Waals surface area contributed by atoms with Crippen LogP contribution in [-0.4, -0.2) is 6.54 Å². The van der Waals surface area contributed by atoms with Gasteiger partial charge in [-0.2, -0.15) is 13.2 Å². The average molecular weight is 243 g/mol. The van der Waals surface area contributed by atoms with Gasteiger partial charge in [-0.05, 0) is 31.0 Å². The van der Waals surface area contributed by atoms with Gasteiger partial charge in [0.25, 0.3) is 0 Å². The Labute approximate surface area is 99.0 Å². The summed E-state index contributed by atoms with van der Waals surface area (Å²) >= 11 is 0. The van der Waals surface area contributed by atoms with Crippen LogP contribution in [0, 0.1) is 0 Å². The molecule has 0 spiro atoms. The van der Waals surface area contributed by atoms with Gasteiger partial charge in [0.05, 0.1) is 5.56 Å². The van der Waals surface area contributed by atoms with Gasteiger partial charge in [-0.3, -0.25) is 0 Å². The maximum Gasteiger partial charge on any atom is 0.416 e. The van der Waals surface area contributed by atoms with Crippen LogP contribution in [0.2, 0.25) is 0 Å². The molecular weight excluding hydrogens is 227 g/mol. The molecule has 1 heterocycles. The van der Waals surface area contributed by atoms with Gasteiger partial charge in [0.15, 0.2) is 0 Å². The average Bonchev–Trinajstić information content (AvgIpc) is 2.56. The Bertz CT molecular complexity index is 365. The summed E-state index contributed by atoms with van der Waals surface area (Å²) < 4.78 is 38.6. The lowest BCUT2D eigenvalue weighted by Crippen LogP contribution is -2.23. The molecule has 0 saturated carbocycles. The molecule has 1 atom stereocenters. The molecule has 0 aliphatic carbocycles. The molecule has 0 aromatic heterocycles. The maximum absolute atomic E-state index is 12.9. The van der Waals surface area contributed by atoms with Crippen LogP contribution in [0.3, 0.4) is 0 Å². The zero-order valence-corrected chi connectivity index (χ0v) is 9.56. The van der Waals surface area contributed by atoms with Crippen LogP contribution in [0.1, 0.15) is 42.9 Å². The Kier molecular flexibility index (Phi) is 3.72. The third-order valence-corrected chi connectivity index (χ3v) is 3.20. The minimum absolute atomic E-state index is 0.157. The first-order valence-corrected chi connectivity index (χ1v) is 5.98. The minimum atomic E-state index is -4.26. The molecular formula is C13H16F3N. The van der Waals surface area contributed by atoms with E-state index in [1.807, 2.05) is 0 Å². The molecule has 17 heavy (non-hydrogen) atoms. The van der Waals surface area contributed by atoms with Crippen molar-refractivity contribution in [1.82, 2.24) is 5.32 Å². The van der Waals surface area contributed by atoms with Crippen molar-refractivity contribution in [1.29, 1.82) is 0 Å². The summed E-state index contributed by atoms with van der Waals surface area (Å²) in [5.74, 6) is 0. The summed E-state index contributed by atoms with van der Waals surface area (Å²) in [5.41, 5.74) is -0.110. The number of halogens is 3. The van der Waals surface area contributed by atoms with Crippen molar-refractivity contribution in [2.24, 2.45) is 0 Å². The Hall–Kier alpha value is -1.03. The highest BCUT2D eigenvalue weighted by atomic mass is 19.4. The van der Waals surface area contributed by atoms with Gasteiger partial charge in [0.2, 0.25) is 0 Å². The predicted molar refractivity (Wildman–Crippen MR) is 60.7 cm³/mol. The lowest BCUT2D eigenvalue weighted by molar-refractivity contribution is -0.138. The standard InChI is InChI=1S/C13H16F3N/c14-13(15,16)11-7-4-3-6-10(11)12-8-2-1-5-9-17-12/h3-4,6-7,12,17H,1-2,5,8-9H2/t12-/m1/s1. The molecule has 94 valence electrons. The van der Waals surface area contributed by atoms with E-state index in [2.05, 4.69) is 5.32 Å². The van der Waals surface area contributed by atoms with Gasteiger partial charge in [-0.1, -0.05) is 31.0 Å². The summed E-state index contributed by atoms with van der Waals surface area (Å²) in [6.07, 6.45) is -0.343. The van der Waals surface area contributed by atoms with Crippen molar-refractivity contribution in [3.63, 3.8) is 0 Å². The first-order valence-electron chi connectivity index (χ1n) is 5.98. The topological polar surface area (TPSA) is 12.0 Å². The first-order chi connectivity index (χ1) is 8.09. The zero-order valence-electron chi connectivity index (χ0n) is 9.56. The van der Waals surface area contributed by atoms with Crippen molar-refractivity contribution in [3.05, 3.63) is 35.4 Å². The zero-order chi connectivity index (χ0) is 12.3. The molecule has 1 aliphatic heterocycles. The van der Waals surface area contributed by atoms with Gasteiger partial charge in [0, 0.05) is 6.04 Å². The smallest absolute Gasteiger partial charge is 0.310 e. The number of alkyl halides is 3. The highest BCUT2D eigenvalue weighted by molar-refractivity contribution is 5.32. The van der Waals surface area contributed by atoms with Crippen LogP contribution >= 0.6 is 0 Å². The van der Waals surface area contributed by atoms with Crippen molar-refractivity contribution >= 4 is 0 Å². The first kappa shape index (κ1) is 12.4. The number of rotatable bonds is 1. The van der Waals surface area contributed by atoms with Crippen LogP contribution in [0.4, 0.5) is 13.2 Å². The third kappa shape index (κ3) is 3.00. The Morgan fingerprint density at radius 2 is 1.82 bits per heavy atom. The van der Waals surface area contributed by atoms with Gasteiger partial charge in [0.1, 0.15) is 0 Å². The van der Waals surface area contributed by atoms with Crippen LogP contribution in [0.15, 0.2) is 24.3 Å². The number of benzene rings is 1. The summed E-state index contributed by atoms with van der Waals surface area (Å²) in [6.45, 7) is 0.802. The molecule has 1 aromatic rings. The van der Waals surface area contributed by atoms with E-state index >= 15 is 0 Å². The van der Waals surface area contributed by atoms with Crippen LogP contribution in [0.5, 0.6) is 0 Å². The number of hydrogen-bond donors (Lipinski definition) is 1. The molecule has 0 amide bonds. The van der Waals surface area contributed by atoms with E-state index in [0.29, 0.717) is 5.56 Å². The summed E-state index contributed by atoms with van der Waals surface area (Å²) in [7, 11) is 0. The maximum atomic E-state index is 12.9. The molecule has 1 N–H and O–H groups in total. The fourth-order valence-electron chi connectivity index (χ4n) is 2.35. The van der Waals surface area contributed by atoms with Gasteiger partial charge >= 0.3 is 6.18 Å². The summed E-state index contributed by atoms with van der Waals surface area (Å²) in [4.78, 5) is 0. The van der Waals surface area contributed by atoms with Crippen LogP contribution < -0.4 is 5.32 Å². The van der Waals surface area contributed by atoms with Gasteiger partial charge in [-0.25, -0.2) is 0 Å². The summed E-state index contributed by atoms with van der Waals surface area (Å²) in [6, 6.07) is 5.73. The molecule has 1 saturated heterocycles. The van der Waals surface area contributed by atoms with Crippen molar-refractivity contribution < 1.29 is 13.2 Å². The Morgan fingerprint density at radius 3 is 2.59 bits per heavy atom. The predicted octanol–water partition coefficient (Wildman–Crippen LogP) is 3.91. The Morgan fingerprint density at radius 1 is 1.06 bits per heavy atom. The van der Waals surface area contributed by atoms with Gasteiger partial charge in [-0.15, -0.1) is 0 Å². The number of hydrogen-bond acceptors (Lipinski definition) is 1. The van der Waals surface area contributed by atoms with Crippen molar-refractivity contribution in [2.45, 2.75) is 37.9 Å². The second-order valence-corrected chi connectivity index (χ2v) is 4.44. The van der Waals surface area contributed by atoms with Crippen LogP contribution in [-0.2, 0) is 6.18 Å². The Balaban J connectivity index is 2.30.